The van der Waals surface area contributed by atoms with Crippen LogP contribution in [0.5, 0.6) is 0 Å². The lowest BCUT2D eigenvalue weighted by Crippen LogP contribution is -2.60. The zero-order valence-electron chi connectivity index (χ0n) is 22.2. The van der Waals surface area contributed by atoms with Crippen LogP contribution in [0, 0.1) is 46.3 Å². The van der Waals surface area contributed by atoms with E-state index >= 15 is 0 Å². The molecule has 0 aromatic carbocycles. The third kappa shape index (κ3) is 4.87. The van der Waals surface area contributed by atoms with E-state index < -0.39 is 0 Å². The third-order valence-corrected chi connectivity index (χ3v) is 12.3. The molecule has 5 aliphatic carbocycles. The highest BCUT2D eigenvalue weighted by Crippen LogP contribution is 2.65. The summed E-state index contributed by atoms with van der Waals surface area (Å²) in [7, 11) is 0. The lowest BCUT2D eigenvalue weighted by molar-refractivity contribution is -0.170. The van der Waals surface area contributed by atoms with Crippen LogP contribution >= 0.6 is 0 Å². The summed E-state index contributed by atoms with van der Waals surface area (Å²) < 4.78 is 0. The zero-order valence-corrected chi connectivity index (χ0v) is 22.2. The second-order valence-corrected chi connectivity index (χ2v) is 13.9. The van der Waals surface area contributed by atoms with Crippen LogP contribution in [0.15, 0.2) is 0 Å². The molecule has 5 saturated carbocycles. The molecule has 0 aliphatic heterocycles. The van der Waals surface area contributed by atoms with E-state index in [2.05, 4.69) is 13.8 Å². The summed E-state index contributed by atoms with van der Waals surface area (Å²) in [6.07, 6.45) is 29.3. The van der Waals surface area contributed by atoms with Crippen molar-refractivity contribution in [3.05, 3.63) is 0 Å². The molecule has 0 aromatic rings. The minimum Gasteiger partial charge on any atom is -0.298 e. The standard InChI is InChI=1S/C32H54O/c1-3-5-6-25-9-13-27(14-10-25)29-17-21-32(22-18-29)23-31(30(32)33)19-15-28(16-20-31)26-11-7-24(4-2)8-12-26/h24-29H,3-23H2,1-2H3/t24-,25-,26-,27-,28?,29?,31?,32?. The number of carbonyl (C=O) groups excluding carboxylic acids is 1. The topological polar surface area (TPSA) is 17.1 Å². The number of unbranched alkanes of at least 4 members (excludes halogenated alkanes) is 1. The van der Waals surface area contributed by atoms with Crippen LogP contribution in [-0.2, 0) is 4.79 Å². The maximum Gasteiger partial charge on any atom is 0.145 e. The van der Waals surface area contributed by atoms with Gasteiger partial charge in [-0.1, -0.05) is 65.2 Å². The average Bonchev–Trinajstić information content (AvgIpc) is 2.88. The van der Waals surface area contributed by atoms with Crippen molar-refractivity contribution in [3.63, 3.8) is 0 Å². The Hall–Kier alpha value is -0.330. The van der Waals surface area contributed by atoms with Gasteiger partial charge in [0.2, 0.25) is 0 Å². The number of hydrogen-bond acceptors (Lipinski definition) is 1. The molecule has 0 N–H and O–H groups in total. The molecule has 33 heavy (non-hydrogen) atoms. The van der Waals surface area contributed by atoms with Gasteiger partial charge in [0.15, 0.2) is 0 Å². The van der Waals surface area contributed by atoms with Gasteiger partial charge in [-0.05, 0) is 119 Å². The second kappa shape index (κ2) is 10.3. The number of hydrogen-bond donors (Lipinski definition) is 0. The van der Waals surface area contributed by atoms with Gasteiger partial charge in [-0.15, -0.1) is 0 Å². The quantitative estimate of drug-likeness (QED) is 0.390. The second-order valence-electron chi connectivity index (χ2n) is 13.9. The summed E-state index contributed by atoms with van der Waals surface area (Å²) in [6.45, 7) is 4.71. The van der Waals surface area contributed by atoms with Gasteiger partial charge in [-0.3, -0.25) is 4.79 Å². The van der Waals surface area contributed by atoms with Crippen molar-refractivity contribution in [2.45, 2.75) is 149 Å². The van der Waals surface area contributed by atoms with Gasteiger partial charge in [0.25, 0.3) is 0 Å². The third-order valence-electron chi connectivity index (χ3n) is 12.3. The van der Waals surface area contributed by atoms with E-state index in [1.165, 1.54) is 135 Å². The van der Waals surface area contributed by atoms with E-state index in [1.807, 2.05) is 0 Å². The SMILES string of the molecule is CCCC[C@H]1CC[C@H](C2CCC3(CC2)CC2(CCC([C@H]4CC[C@H](CC)CC4)CC2)C3=O)CC1. The van der Waals surface area contributed by atoms with Gasteiger partial charge in [0, 0.05) is 10.8 Å². The first-order valence-electron chi connectivity index (χ1n) is 15.6. The zero-order chi connectivity index (χ0) is 22.9. The van der Waals surface area contributed by atoms with E-state index in [4.69, 9.17) is 0 Å². The molecule has 5 fully saturated rings. The van der Waals surface area contributed by atoms with Crippen molar-refractivity contribution < 1.29 is 4.79 Å². The lowest BCUT2D eigenvalue weighted by Gasteiger charge is -2.60. The van der Waals surface area contributed by atoms with Gasteiger partial charge >= 0.3 is 0 Å². The van der Waals surface area contributed by atoms with E-state index in [1.54, 1.807) is 0 Å². The molecule has 0 bridgehead atoms. The molecule has 0 atom stereocenters. The summed E-state index contributed by atoms with van der Waals surface area (Å²) in [4.78, 5) is 13.7. The Kier molecular flexibility index (Phi) is 7.64. The first-order chi connectivity index (χ1) is 16.1. The molecule has 5 aliphatic rings. The van der Waals surface area contributed by atoms with Crippen LogP contribution in [-0.4, -0.2) is 5.78 Å². The number of rotatable bonds is 6. The summed E-state index contributed by atoms with van der Waals surface area (Å²) >= 11 is 0. The molecule has 5 rings (SSSR count). The maximum absolute atomic E-state index is 13.7. The molecule has 1 nitrogen and oxygen atoms in total. The smallest absolute Gasteiger partial charge is 0.145 e. The Labute approximate surface area is 205 Å². The Morgan fingerprint density at radius 2 is 1.03 bits per heavy atom. The first kappa shape index (κ1) is 24.4. The van der Waals surface area contributed by atoms with Crippen molar-refractivity contribution in [2.75, 3.05) is 0 Å². The molecule has 1 heteroatoms. The lowest BCUT2D eigenvalue weighted by atomic mass is 9.42. The first-order valence-corrected chi connectivity index (χ1v) is 15.6. The highest BCUT2D eigenvalue weighted by Gasteiger charge is 2.63. The van der Waals surface area contributed by atoms with Crippen LogP contribution in [0.25, 0.3) is 0 Å². The minimum atomic E-state index is 0.140. The molecule has 2 spiro atoms. The number of ketones is 1. The highest BCUT2D eigenvalue weighted by atomic mass is 16.1. The van der Waals surface area contributed by atoms with Crippen molar-refractivity contribution in [2.24, 2.45) is 46.3 Å². The molecular weight excluding hydrogens is 400 g/mol. The van der Waals surface area contributed by atoms with Crippen molar-refractivity contribution in [1.29, 1.82) is 0 Å². The molecule has 188 valence electrons. The van der Waals surface area contributed by atoms with Crippen molar-refractivity contribution in [3.8, 4) is 0 Å². The largest absolute Gasteiger partial charge is 0.298 e. The Balaban J connectivity index is 1.06. The van der Waals surface area contributed by atoms with Crippen LogP contribution in [0.1, 0.15) is 149 Å². The monoisotopic (exact) mass is 454 g/mol. The molecule has 0 radical (unpaired) electrons. The number of Topliss-reactive ketones (excluding diaryl/α,β-unsaturated/α-hetero) is 1. The van der Waals surface area contributed by atoms with Gasteiger partial charge < -0.3 is 0 Å². The van der Waals surface area contributed by atoms with Gasteiger partial charge in [-0.25, -0.2) is 0 Å². The Morgan fingerprint density at radius 3 is 1.42 bits per heavy atom. The van der Waals surface area contributed by atoms with E-state index in [9.17, 15) is 4.79 Å². The fourth-order valence-electron chi connectivity index (χ4n) is 9.91. The normalized spacial score (nSPS) is 46.4. The molecule has 0 heterocycles. The van der Waals surface area contributed by atoms with Crippen LogP contribution in [0.4, 0.5) is 0 Å². The van der Waals surface area contributed by atoms with E-state index in [0.29, 0.717) is 0 Å². The summed E-state index contributed by atoms with van der Waals surface area (Å²) in [5.74, 6) is 6.66. The Bertz CT molecular complexity index is 631. The fraction of sp³-hybridized carbons (Fsp3) is 0.969. The fourth-order valence-corrected chi connectivity index (χ4v) is 9.91. The molecular formula is C32H54O. The minimum absolute atomic E-state index is 0.140. The summed E-state index contributed by atoms with van der Waals surface area (Å²) in [6, 6.07) is 0. The van der Waals surface area contributed by atoms with Crippen molar-refractivity contribution >= 4 is 5.78 Å². The molecule has 0 aromatic heterocycles. The molecule has 0 saturated heterocycles. The highest BCUT2D eigenvalue weighted by molar-refractivity contribution is 5.96. The van der Waals surface area contributed by atoms with Crippen LogP contribution in [0.2, 0.25) is 0 Å². The maximum atomic E-state index is 13.7. The van der Waals surface area contributed by atoms with Crippen molar-refractivity contribution in [1.82, 2.24) is 0 Å². The van der Waals surface area contributed by atoms with Gasteiger partial charge in [0.05, 0.1) is 0 Å². The Morgan fingerprint density at radius 1 is 0.606 bits per heavy atom. The van der Waals surface area contributed by atoms with Crippen LogP contribution in [0.3, 0.4) is 0 Å². The van der Waals surface area contributed by atoms with E-state index in [-0.39, 0.29) is 10.8 Å². The predicted octanol–water partition coefficient (Wildman–Crippen LogP) is 9.53. The van der Waals surface area contributed by atoms with Gasteiger partial charge in [0.1, 0.15) is 5.78 Å². The van der Waals surface area contributed by atoms with E-state index in [0.717, 1.165) is 41.3 Å². The summed E-state index contributed by atoms with van der Waals surface area (Å²) in [5, 5.41) is 0. The molecule has 0 amide bonds. The van der Waals surface area contributed by atoms with Crippen LogP contribution < -0.4 is 0 Å². The average molecular weight is 455 g/mol. The number of carbonyl (C=O) groups is 1. The predicted molar refractivity (Wildman–Crippen MR) is 139 cm³/mol. The van der Waals surface area contributed by atoms with Gasteiger partial charge in [-0.2, -0.15) is 0 Å². The summed E-state index contributed by atoms with van der Waals surface area (Å²) in [5.41, 5.74) is 0.280. The molecule has 0 unspecified atom stereocenters.